The lowest BCUT2D eigenvalue weighted by molar-refractivity contribution is -0.192. The van der Waals surface area contributed by atoms with Crippen molar-refractivity contribution in [1.29, 1.82) is 0 Å². The molecule has 6 nitrogen and oxygen atoms in total. The number of aromatic amines is 1. The van der Waals surface area contributed by atoms with E-state index in [0.717, 1.165) is 42.1 Å². The molecule has 1 unspecified atom stereocenters. The van der Waals surface area contributed by atoms with Gasteiger partial charge in [0, 0.05) is 35.8 Å². The topological polar surface area (TPSA) is 74.8 Å². The van der Waals surface area contributed by atoms with Gasteiger partial charge in [0.25, 0.3) is 0 Å². The molecule has 1 aliphatic heterocycles. The molecule has 2 aromatic carbocycles. The minimum absolute atomic E-state index is 0.125. The highest BCUT2D eigenvalue weighted by Crippen LogP contribution is 2.38. The van der Waals surface area contributed by atoms with Crippen molar-refractivity contribution in [3.05, 3.63) is 54.2 Å². The quantitative estimate of drug-likeness (QED) is 0.633. The van der Waals surface area contributed by atoms with E-state index in [2.05, 4.69) is 53.3 Å². The molecule has 1 atom stereocenters. The predicted molar refractivity (Wildman–Crippen MR) is 110 cm³/mol. The third kappa shape index (κ3) is 5.36. The zero-order valence-electron chi connectivity index (χ0n) is 17.1. The van der Waals surface area contributed by atoms with Gasteiger partial charge in [0.05, 0.1) is 19.8 Å². The van der Waals surface area contributed by atoms with Gasteiger partial charge in [0.15, 0.2) is 0 Å². The van der Waals surface area contributed by atoms with E-state index in [1.165, 1.54) is 10.9 Å². The first-order valence-corrected chi connectivity index (χ1v) is 9.55. The number of carboxylic acids is 1. The fourth-order valence-electron chi connectivity index (χ4n) is 3.46. The van der Waals surface area contributed by atoms with Gasteiger partial charge >= 0.3 is 12.1 Å². The molecule has 9 heteroatoms. The minimum atomic E-state index is -5.08. The molecule has 1 saturated heterocycles. The van der Waals surface area contributed by atoms with E-state index in [-0.39, 0.29) is 6.10 Å². The normalized spacial score (nSPS) is 17.1. The van der Waals surface area contributed by atoms with Crippen LogP contribution >= 0.6 is 0 Å². The smallest absolute Gasteiger partial charge is 0.490 e. The van der Waals surface area contributed by atoms with Crippen LogP contribution in [0, 0.1) is 0 Å². The van der Waals surface area contributed by atoms with Gasteiger partial charge in [-0.25, -0.2) is 4.79 Å². The number of hydrogen-bond acceptors (Lipinski definition) is 4. The lowest BCUT2D eigenvalue weighted by atomic mass is 9.97. The Morgan fingerprint density at radius 2 is 2.00 bits per heavy atom. The number of ether oxygens (including phenoxy) is 2. The fraction of sp³-hybridized carbons (Fsp3) is 0.318. The average Bonchev–Trinajstić information content (AvgIpc) is 3.21. The number of likely N-dealkylation sites (N-methyl/N-ethyl adjacent to an activating group) is 1. The van der Waals surface area contributed by atoms with Crippen LogP contribution < -0.4 is 4.74 Å². The van der Waals surface area contributed by atoms with Crippen molar-refractivity contribution < 1.29 is 32.5 Å². The van der Waals surface area contributed by atoms with E-state index in [1.807, 2.05) is 12.3 Å². The van der Waals surface area contributed by atoms with Crippen molar-refractivity contribution in [3.8, 4) is 16.9 Å². The second-order valence-electron chi connectivity index (χ2n) is 7.13. The number of benzene rings is 2. The molecule has 0 amide bonds. The summed E-state index contributed by atoms with van der Waals surface area (Å²) in [6.45, 7) is 2.70. The van der Waals surface area contributed by atoms with Crippen LogP contribution in [0.2, 0.25) is 0 Å². The number of hydrogen-bond donors (Lipinski definition) is 2. The van der Waals surface area contributed by atoms with Gasteiger partial charge in [-0.2, -0.15) is 13.2 Å². The van der Waals surface area contributed by atoms with Crippen LogP contribution in [0.5, 0.6) is 5.75 Å². The van der Waals surface area contributed by atoms with Gasteiger partial charge in [-0.15, -0.1) is 0 Å². The number of alkyl halides is 3. The second kappa shape index (κ2) is 9.40. The van der Waals surface area contributed by atoms with Crippen LogP contribution in [0.15, 0.2) is 48.7 Å². The Labute approximate surface area is 177 Å². The van der Waals surface area contributed by atoms with Crippen LogP contribution in [0.4, 0.5) is 13.2 Å². The molecule has 31 heavy (non-hydrogen) atoms. The van der Waals surface area contributed by atoms with Crippen LogP contribution in [0.3, 0.4) is 0 Å². The van der Waals surface area contributed by atoms with E-state index in [1.54, 1.807) is 7.11 Å². The Hall–Kier alpha value is -3.04. The number of halogens is 3. The summed E-state index contributed by atoms with van der Waals surface area (Å²) in [5, 5.41) is 8.30. The molecule has 0 bridgehead atoms. The van der Waals surface area contributed by atoms with Gasteiger partial charge in [-0.3, -0.25) is 0 Å². The van der Waals surface area contributed by atoms with Crippen molar-refractivity contribution in [1.82, 2.24) is 9.88 Å². The summed E-state index contributed by atoms with van der Waals surface area (Å²) in [4.78, 5) is 14.5. The Morgan fingerprint density at radius 3 is 2.65 bits per heavy atom. The molecule has 2 N–H and O–H groups in total. The molecule has 0 radical (unpaired) electrons. The summed E-state index contributed by atoms with van der Waals surface area (Å²) >= 11 is 0. The van der Waals surface area contributed by atoms with Crippen LogP contribution in [0.1, 0.15) is 11.7 Å². The molecular formula is C22H23F3N2O4. The number of carbonyl (C=O) groups is 1. The molecule has 1 fully saturated rings. The van der Waals surface area contributed by atoms with Crippen molar-refractivity contribution >= 4 is 16.9 Å². The van der Waals surface area contributed by atoms with Crippen LogP contribution in [0.25, 0.3) is 22.0 Å². The number of aromatic nitrogens is 1. The molecule has 4 rings (SSSR count). The lowest BCUT2D eigenvalue weighted by Crippen LogP contribution is -2.35. The van der Waals surface area contributed by atoms with Crippen molar-refractivity contribution in [2.24, 2.45) is 0 Å². The lowest BCUT2D eigenvalue weighted by Gasteiger charge is -2.30. The van der Waals surface area contributed by atoms with Crippen molar-refractivity contribution in [3.63, 3.8) is 0 Å². The number of nitrogens with one attached hydrogen (secondary N) is 1. The third-order valence-corrected chi connectivity index (χ3v) is 4.98. The first kappa shape index (κ1) is 22.6. The summed E-state index contributed by atoms with van der Waals surface area (Å²) in [5.41, 5.74) is 4.62. The standard InChI is InChI=1S/C20H22N2O2.C2HF3O2/c1-22-10-11-24-19(13-22)14-4-3-5-15(12-14)20-16-8-9-21-17(16)6-7-18(20)23-2;3-2(4,5)1(6)7/h3-9,12,19,21H,10-11,13H2,1-2H3;(H,6,7). The third-order valence-electron chi connectivity index (χ3n) is 4.98. The highest BCUT2D eigenvalue weighted by atomic mass is 19.4. The highest BCUT2D eigenvalue weighted by Gasteiger charge is 2.38. The van der Waals surface area contributed by atoms with Gasteiger partial charge in [-0.05, 0) is 42.4 Å². The molecule has 1 aliphatic rings. The van der Waals surface area contributed by atoms with Crippen molar-refractivity contribution in [2.45, 2.75) is 12.3 Å². The van der Waals surface area contributed by atoms with Gasteiger partial charge in [0.1, 0.15) is 5.75 Å². The van der Waals surface area contributed by atoms with Gasteiger partial charge < -0.3 is 24.5 Å². The average molecular weight is 436 g/mol. The predicted octanol–water partition coefficient (Wildman–Crippen LogP) is 4.48. The Kier molecular flexibility index (Phi) is 6.87. The summed E-state index contributed by atoms with van der Waals surface area (Å²) in [7, 11) is 3.86. The maximum Gasteiger partial charge on any atom is 0.490 e. The van der Waals surface area contributed by atoms with E-state index >= 15 is 0 Å². The molecule has 1 aromatic heterocycles. The summed E-state index contributed by atoms with van der Waals surface area (Å²) in [5.74, 6) is -1.87. The van der Waals surface area contributed by atoms with Crippen molar-refractivity contribution in [2.75, 3.05) is 33.9 Å². The van der Waals surface area contributed by atoms with E-state index in [0.29, 0.717) is 0 Å². The molecular weight excluding hydrogens is 413 g/mol. The van der Waals surface area contributed by atoms with E-state index in [4.69, 9.17) is 19.4 Å². The number of methoxy groups -OCH3 is 1. The monoisotopic (exact) mass is 436 g/mol. The minimum Gasteiger partial charge on any atom is -0.496 e. The van der Waals surface area contributed by atoms with Crippen LogP contribution in [-0.2, 0) is 9.53 Å². The maximum absolute atomic E-state index is 10.6. The first-order chi connectivity index (χ1) is 14.7. The Balaban J connectivity index is 0.000000339. The zero-order valence-corrected chi connectivity index (χ0v) is 17.1. The molecule has 2 heterocycles. The Morgan fingerprint density at radius 1 is 1.26 bits per heavy atom. The highest BCUT2D eigenvalue weighted by molar-refractivity contribution is 5.98. The van der Waals surface area contributed by atoms with Gasteiger partial charge in [-0.1, -0.05) is 18.2 Å². The summed E-state index contributed by atoms with van der Waals surface area (Å²) in [6, 6.07) is 14.8. The van der Waals surface area contributed by atoms with E-state index in [9.17, 15) is 13.2 Å². The number of fused-ring (bicyclic) bond motifs is 1. The number of carboxylic acid groups (broad SMARTS) is 1. The number of H-pyrrole nitrogens is 1. The molecule has 0 spiro atoms. The fourth-order valence-corrected chi connectivity index (χ4v) is 3.46. The zero-order chi connectivity index (χ0) is 22.6. The molecule has 0 aliphatic carbocycles. The van der Waals surface area contributed by atoms with Crippen LogP contribution in [-0.4, -0.2) is 61.0 Å². The number of nitrogens with zero attached hydrogens (tertiary/aromatic N) is 1. The number of aliphatic carboxylic acids is 1. The largest absolute Gasteiger partial charge is 0.496 e. The number of morpholine rings is 1. The second-order valence-corrected chi connectivity index (χ2v) is 7.13. The molecule has 166 valence electrons. The number of rotatable bonds is 3. The maximum atomic E-state index is 10.6. The first-order valence-electron chi connectivity index (χ1n) is 9.55. The van der Waals surface area contributed by atoms with E-state index < -0.39 is 12.1 Å². The van der Waals surface area contributed by atoms with Gasteiger partial charge in [0.2, 0.25) is 0 Å². The Bertz CT molecular complexity index is 1050. The summed E-state index contributed by atoms with van der Waals surface area (Å²) in [6.07, 6.45) is -2.99. The molecule has 3 aromatic rings. The summed E-state index contributed by atoms with van der Waals surface area (Å²) < 4.78 is 43.3. The molecule has 0 saturated carbocycles. The SMILES string of the molecule is COc1ccc2[nH]ccc2c1-c1cccc(C2CN(C)CCO2)c1.O=C(O)C(F)(F)F.